The molecular weight excluding hydrogens is 198 g/mol. The summed E-state index contributed by atoms with van der Waals surface area (Å²) in [5, 5.41) is 12.2. The van der Waals surface area contributed by atoms with Crippen LogP contribution in [-0.4, -0.2) is 10.6 Å². The highest BCUT2D eigenvalue weighted by Crippen LogP contribution is 2.13. The van der Waals surface area contributed by atoms with Crippen LogP contribution in [0.4, 0.5) is 0 Å². The number of nitriles is 1. The average molecular weight is 215 g/mol. The Morgan fingerprint density at radius 1 is 1.62 bits per heavy atom. The van der Waals surface area contributed by atoms with Gasteiger partial charge in [-0.2, -0.15) is 5.26 Å². The minimum Gasteiger partial charge on any atom is -0.340 e. The zero-order valence-corrected chi connectivity index (χ0v) is 10.0. The fraction of sp³-hybridized carbons (Fsp3) is 0.462. The monoisotopic (exact) mass is 215 g/mol. The van der Waals surface area contributed by atoms with E-state index < -0.39 is 0 Å². The fourth-order valence-electron chi connectivity index (χ4n) is 1.60. The summed E-state index contributed by atoms with van der Waals surface area (Å²) < 4.78 is 1.90. The summed E-state index contributed by atoms with van der Waals surface area (Å²) in [7, 11) is 1.90. The summed E-state index contributed by atoms with van der Waals surface area (Å²) >= 11 is 0. The molecule has 0 aliphatic carbocycles. The Kier molecular flexibility index (Phi) is 4.17. The van der Waals surface area contributed by atoms with Crippen LogP contribution in [0, 0.1) is 30.6 Å². The maximum atomic E-state index is 8.90. The van der Waals surface area contributed by atoms with E-state index in [1.165, 1.54) is 0 Å². The quantitative estimate of drug-likeness (QED) is 0.777. The van der Waals surface area contributed by atoms with Gasteiger partial charge in [0.1, 0.15) is 11.8 Å². The molecule has 0 aliphatic heterocycles. The molecule has 1 unspecified atom stereocenters. The van der Waals surface area contributed by atoms with Crippen LogP contribution in [-0.2, 0) is 13.6 Å². The maximum Gasteiger partial charge on any atom is 0.120 e. The first-order valence-electron chi connectivity index (χ1n) is 5.38. The second-order valence-corrected chi connectivity index (χ2v) is 3.82. The molecule has 0 spiro atoms. The van der Waals surface area contributed by atoms with Crippen molar-refractivity contribution in [2.45, 2.75) is 32.9 Å². The van der Waals surface area contributed by atoms with Crippen LogP contribution in [0.5, 0.6) is 0 Å². The van der Waals surface area contributed by atoms with Crippen molar-refractivity contribution in [2.75, 3.05) is 0 Å². The highest BCUT2D eigenvalue weighted by Gasteiger charge is 2.09. The summed E-state index contributed by atoms with van der Waals surface area (Å²) in [6.45, 7) is 4.77. The first-order valence-corrected chi connectivity index (χ1v) is 5.38. The third-order valence-corrected chi connectivity index (χ3v) is 2.90. The van der Waals surface area contributed by atoms with Crippen molar-refractivity contribution in [3.63, 3.8) is 0 Å². The highest BCUT2D eigenvalue weighted by atomic mass is 15.0. The average Bonchev–Trinajstić information content (AvgIpc) is 2.58. The second-order valence-electron chi connectivity index (χ2n) is 3.82. The molecule has 0 aromatic carbocycles. The molecule has 0 saturated heterocycles. The van der Waals surface area contributed by atoms with Crippen LogP contribution in [0.25, 0.3) is 0 Å². The van der Waals surface area contributed by atoms with Crippen LogP contribution in [0.1, 0.15) is 30.3 Å². The van der Waals surface area contributed by atoms with Crippen molar-refractivity contribution in [1.29, 1.82) is 5.26 Å². The van der Waals surface area contributed by atoms with Gasteiger partial charge in [0.05, 0.1) is 6.04 Å². The van der Waals surface area contributed by atoms with Crippen LogP contribution in [0.15, 0.2) is 6.07 Å². The zero-order chi connectivity index (χ0) is 12.1. The Morgan fingerprint density at radius 2 is 2.31 bits per heavy atom. The molecule has 3 nitrogen and oxygen atoms in total. The molecule has 1 N–H and O–H groups in total. The van der Waals surface area contributed by atoms with Crippen molar-refractivity contribution in [3.05, 3.63) is 23.0 Å². The molecule has 84 valence electrons. The third kappa shape index (κ3) is 2.45. The van der Waals surface area contributed by atoms with Gasteiger partial charge in [-0.15, -0.1) is 6.42 Å². The number of aromatic nitrogens is 1. The van der Waals surface area contributed by atoms with Gasteiger partial charge in [-0.05, 0) is 25.0 Å². The van der Waals surface area contributed by atoms with Crippen LogP contribution in [0.2, 0.25) is 0 Å². The molecule has 0 bridgehead atoms. The van der Waals surface area contributed by atoms with E-state index in [1.54, 1.807) is 0 Å². The number of nitrogens with one attached hydrogen (secondary N) is 1. The topological polar surface area (TPSA) is 40.8 Å². The first kappa shape index (κ1) is 12.4. The Balaban J connectivity index is 2.76. The standard InChI is InChI=1S/C13H17N3/c1-5-12(6-2)15-9-11-7-13(8-14)16(4)10(11)3/h1,7,12,15H,6,9H2,2-4H3. The third-order valence-electron chi connectivity index (χ3n) is 2.90. The number of terminal acetylenes is 1. The van der Waals surface area contributed by atoms with E-state index in [-0.39, 0.29) is 6.04 Å². The SMILES string of the molecule is C#CC(CC)NCc1cc(C#N)n(C)c1C. The van der Waals surface area contributed by atoms with Gasteiger partial charge in [-0.25, -0.2) is 0 Å². The smallest absolute Gasteiger partial charge is 0.120 e. The van der Waals surface area contributed by atoms with Crippen molar-refractivity contribution < 1.29 is 0 Å². The number of nitrogens with zero attached hydrogens (tertiary/aromatic N) is 2. The Morgan fingerprint density at radius 3 is 2.75 bits per heavy atom. The molecule has 1 atom stereocenters. The molecule has 1 aromatic rings. The molecule has 3 heteroatoms. The number of rotatable bonds is 4. The molecule has 0 aliphatic rings. The van der Waals surface area contributed by atoms with E-state index in [0.29, 0.717) is 12.2 Å². The maximum absolute atomic E-state index is 8.90. The molecule has 0 saturated carbocycles. The van der Waals surface area contributed by atoms with E-state index in [9.17, 15) is 0 Å². The molecular formula is C13H17N3. The van der Waals surface area contributed by atoms with Gasteiger partial charge in [-0.1, -0.05) is 12.8 Å². The van der Waals surface area contributed by atoms with Crippen molar-refractivity contribution >= 4 is 0 Å². The number of hydrogen-bond acceptors (Lipinski definition) is 2. The van der Waals surface area contributed by atoms with E-state index in [1.807, 2.05) is 24.6 Å². The number of hydrogen-bond donors (Lipinski definition) is 1. The Bertz CT molecular complexity index is 443. The molecule has 1 rings (SSSR count). The predicted molar refractivity (Wildman–Crippen MR) is 64.6 cm³/mol. The lowest BCUT2D eigenvalue weighted by Gasteiger charge is -2.10. The fourth-order valence-corrected chi connectivity index (χ4v) is 1.60. The van der Waals surface area contributed by atoms with Crippen LogP contribution < -0.4 is 5.32 Å². The molecule has 16 heavy (non-hydrogen) atoms. The van der Waals surface area contributed by atoms with Gasteiger partial charge in [0.25, 0.3) is 0 Å². The predicted octanol–water partition coefficient (Wildman–Crippen LogP) is 1.71. The summed E-state index contributed by atoms with van der Waals surface area (Å²) in [6.07, 6.45) is 6.29. The highest BCUT2D eigenvalue weighted by molar-refractivity contribution is 5.34. The van der Waals surface area contributed by atoms with Gasteiger partial charge in [0, 0.05) is 19.3 Å². The second kappa shape index (κ2) is 5.39. The van der Waals surface area contributed by atoms with Crippen molar-refractivity contribution in [3.8, 4) is 18.4 Å². The summed E-state index contributed by atoms with van der Waals surface area (Å²) in [4.78, 5) is 0. The largest absolute Gasteiger partial charge is 0.340 e. The lowest BCUT2D eigenvalue weighted by atomic mass is 10.2. The van der Waals surface area contributed by atoms with Gasteiger partial charge in [0.15, 0.2) is 0 Å². The molecule has 0 fully saturated rings. The zero-order valence-electron chi connectivity index (χ0n) is 10.0. The molecule has 0 radical (unpaired) electrons. The van der Waals surface area contributed by atoms with Crippen LogP contribution in [0.3, 0.4) is 0 Å². The van der Waals surface area contributed by atoms with Gasteiger partial charge in [0.2, 0.25) is 0 Å². The van der Waals surface area contributed by atoms with Crippen molar-refractivity contribution in [2.24, 2.45) is 7.05 Å². The van der Waals surface area contributed by atoms with E-state index in [0.717, 1.165) is 17.7 Å². The van der Waals surface area contributed by atoms with Crippen LogP contribution >= 0.6 is 0 Å². The van der Waals surface area contributed by atoms with Crippen molar-refractivity contribution in [1.82, 2.24) is 9.88 Å². The molecule has 0 amide bonds. The minimum absolute atomic E-state index is 0.102. The molecule has 1 heterocycles. The van der Waals surface area contributed by atoms with E-state index >= 15 is 0 Å². The summed E-state index contributed by atoms with van der Waals surface area (Å²) in [6, 6.07) is 4.18. The summed E-state index contributed by atoms with van der Waals surface area (Å²) in [5.41, 5.74) is 2.92. The normalized spacial score (nSPS) is 11.8. The van der Waals surface area contributed by atoms with E-state index in [4.69, 9.17) is 11.7 Å². The Labute approximate surface area is 97.1 Å². The molecule has 1 aromatic heterocycles. The van der Waals surface area contributed by atoms with Gasteiger partial charge < -0.3 is 4.57 Å². The van der Waals surface area contributed by atoms with Gasteiger partial charge in [-0.3, -0.25) is 5.32 Å². The summed E-state index contributed by atoms with van der Waals surface area (Å²) in [5.74, 6) is 2.69. The van der Waals surface area contributed by atoms with Gasteiger partial charge >= 0.3 is 0 Å². The first-order chi connectivity index (χ1) is 7.63. The van der Waals surface area contributed by atoms with E-state index in [2.05, 4.69) is 24.2 Å². The lowest BCUT2D eigenvalue weighted by Crippen LogP contribution is -2.26. The lowest BCUT2D eigenvalue weighted by molar-refractivity contribution is 0.590. The Hall–Kier alpha value is -1.71. The minimum atomic E-state index is 0.102.